The summed E-state index contributed by atoms with van der Waals surface area (Å²) in [6, 6.07) is -0.641. The number of aliphatic carboxylic acids is 1. The van der Waals surface area contributed by atoms with Crippen LogP contribution in [0.3, 0.4) is 0 Å². The zero-order valence-electron chi connectivity index (χ0n) is 32.4. The number of rotatable bonds is 30. The van der Waals surface area contributed by atoms with Gasteiger partial charge in [0.05, 0.1) is 34.4 Å². The molecule has 1 N–H and O–H groups in total. The summed E-state index contributed by atoms with van der Waals surface area (Å²) in [5, 5.41) is 9.58. The molecule has 0 aliphatic heterocycles. The Labute approximate surface area is 314 Å². The van der Waals surface area contributed by atoms with E-state index in [0.29, 0.717) is 19.3 Å². The number of unbranched alkanes of at least 4 members (excludes halogenated alkanes) is 4. The van der Waals surface area contributed by atoms with Crippen LogP contribution >= 0.6 is 0 Å². The van der Waals surface area contributed by atoms with Crippen LogP contribution in [-0.4, -0.2) is 80.6 Å². The minimum atomic E-state index is -0.900. The number of carbonyl (C=O) groups is 3. The second-order valence-corrected chi connectivity index (χ2v) is 13.0. The Morgan fingerprint density at radius 2 is 1.04 bits per heavy atom. The summed E-state index contributed by atoms with van der Waals surface area (Å²) in [6.07, 6.45) is 46.8. The third kappa shape index (κ3) is 31.7. The van der Waals surface area contributed by atoms with Gasteiger partial charge in [0.15, 0.2) is 12.1 Å². The summed E-state index contributed by atoms with van der Waals surface area (Å²) in [6.45, 7) is 4.27. The second-order valence-electron chi connectivity index (χ2n) is 13.0. The molecule has 0 aromatic carbocycles. The molecule has 0 saturated carbocycles. The third-order valence-electron chi connectivity index (χ3n) is 7.36. The van der Waals surface area contributed by atoms with E-state index in [-0.39, 0.29) is 49.1 Å². The molecule has 0 radical (unpaired) electrons. The minimum absolute atomic E-state index is 0.0109. The Kier molecular flexibility index (Phi) is 31.1. The van der Waals surface area contributed by atoms with Crippen LogP contribution in [0, 0.1) is 0 Å². The number of carboxylic acid groups (broad SMARTS) is 1. The first kappa shape index (κ1) is 47.7. The van der Waals surface area contributed by atoms with Crippen molar-refractivity contribution in [3.63, 3.8) is 0 Å². The van der Waals surface area contributed by atoms with Gasteiger partial charge in [-0.05, 0) is 44.9 Å². The van der Waals surface area contributed by atoms with Crippen LogP contribution in [-0.2, 0) is 28.6 Å². The van der Waals surface area contributed by atoms with Gasteiger partial charge in [-0.1, -0.05) is 142 Å². The third-order valence-corrected chi connectivity index (χ3v) is 7.36. The Balaban J connectivity index is 4.69. The predicted octanol–water partition coefficient (Wildman–Crippen LogP) is 9.51. The normalized spacial score (nSPS) is 14.4. The van der Waals surface area contributed by atoms with Crippen LogP contribution < -0.4 is 0 Å². The highest BCUT2D eigenvalue weighted by Gasteiger charge is 2.31. The highest BCUT2D eigenvalue weighted by molar-refractivity contribution is 5.72. The van der Waals surface area contributed by atoms with Crippen molar-refractivity contribution in [3.05, 3.63) is 122 Å². The molecule has 8 nitrogen and oxygen atoms in total. The number of carbonyl (C=O) groups excluding carboxylic acids is 2. The highest BCUT2D eigenvalue weighted by Crippen LogP contribution is 2.11. The molecule has 2 unspecified atom stereocenters. The molecule has 8 heteroatoms. The number of quaternary nitrogens is 1. The molecule has 2 atom stereocenters. The molecule has 0 spiro atoms. The molecule has 0 amide bonds. The maximum absolute atomic E-state index is 12.6. The first-order chi connectivity index (χ1) is 25.1. The summed E-state index contributed by atoms with van der Waals surface area (Å²) >= 11 is 0. The zero-order chi connectivity index (χ0) is 38.5. The summed E-state index contributed by atoms with van der Waals surface area (Å²) in [5.41, 5.74) is 0. The number of ether oxygens (including phenoxy) is 3. The van der Waals surface area contributed by atoms with E-state index >= 15 is 0 Å². The molecule has 52 heavy (non-hydrogen) atoms. The number of esters is 2. The Bertz CT molecular complexity index is 1260. The molecule has 0 heterocycles. The quantitative estimate of drug-likeness (QED) is 0.0342. The molecule has 288 valence electrons. The molecular formula is C44H66NO7+. The van der Waals surface area contributed by atoms with Crippen LogP contribution in [0.4, 0.5) is 0 Å². The fraction of sp³-hybridized carbons (Fsp3) is 0.477. The molecule has 0 aliphatic carbocycles. The fourth-order valence-electron chi connectivity index (χ4n) is 4.49. The van der Waals surface area contributed by atoms with Crippen LogP contribution in [0.2, 0.25) is 0 Å². The molecule has 0 fully saturated rings. The van der Waals surface area contributed by atoms with Gasteiger partial charge in [0.2, 0.25) is 0 Å². The van der Waals surface area contributed by atoms with E-state index in [1.165, 1.54) is 0 Å². The van der Waals surface area contributed by atoms with E-state index in [1.54, 1.807) is 0 Å². The molecule has 0 bridgehead atoms. The number of allylic oxidation sites excluding steroid dienone is 20. The van der Waals surface area contributed by atoms with Crippen molar-refractivity contribution in [2.75, 3.05) is 41.0 Å². The Morgan fingerprint density at radius 1 is 0.577 bits per heavy atom. The lowest BCUT2D eigenvalue weighted by atomic mass is 10.1. The first-order valence-corrected chi connectivity index (χ1v) is 18.7. The molecule has 0 saturated heterocycles. The lowest BCUT2D eigenvalue weighted by molar-refractivity contribution is -0.887. The largest absolute Gasteiger partial charge is 0.477 e. The van der Waals surface area contributed by atoms with Gasteiger partial charge in [-0.3, -0.25) is 9.59 Å². The Hall–Kier alpha value is -4.27. The number of likely N-dealkylation sites (N-methyl/N-ethyl adjacent to an activating group) is 1. The SMILES string of the molecule is CC/C=C/C=C/C=C/C=C/C=C/CCCCCC(=O)OC(COCCC(C(=O)O)[N+](C)(C)C)COC(=O)CCC/C=C/C=C/C=C/C=C/C=C/CC. The molecule has 0 rings (SSSR count). The van der Waals surface area contributed by atoms with Crippen molar-refractivity contribution in [1.29, 1.82) is 0 Å². The molecule has 0 aromatic rings. The van der Waals surface area contributed by atoms with E-state index in [9.17, 15) is 19.5 Å². The van der Waals surface area contributed by atoms with E-state index in [0.717, 1.165) is 38.5 Å². The molecule has 0 aromatic heterocycles. The molecule has 0 aliphatic rings. The van der Waals surface area contributed by atoms with Gasteiger partial charge >= 0.3 is 17.9 Å². The van der Waals surface area contributed by atoms with Crippen LogP contribution in [0.15, 0.2) is 122 Å². The predicted molar refractivity (Wildman–Crippen MR) is 215 cm³/mol. The van der Waals surface area contributed by atoms with Gasteiger partial charge in [0.25, 0.3) is 0 Å². The first-order valence-electron chi connectivity index (χ1n) is 18.7. The van der Waals surface area contributed by atoms with Gasteiger partial charge < -0.3 is 23.8 Å². The summed E-state index contributed by atoms with van der Waals surface area (Å²) in [4.78, 5) is 36.8. The average Bonchev–Trinajstić information content (AvgIpc) is 3.09. The van der Waals surface area contributed by atoms with Gasteiger partial charge in [0, 0.05) is 19.3 Å². The summed E-state index contributed by atoms with van der Waals surface area (Å²) < 4.78 is 17.1. The maximum atomic E-state index is 12.6. The van der Waals surface area contributed by atoms with Gasteiger partial charge in [-0.15, -0.1) is 0 Å². The van der Waals surface area contributed by atoms with Crippen LogP contribution in [0.1, 0.15) is 84.5 Å². The van der Waals surface area contributed by atoms with Crippen molar-refractivity contribution >= 4 is 17.9 Å². The standard InChI is InChI=1S/C44H65NO7/c1-6-8-10-12-14-16-18-20-21-23-25-27-29-31-33-35-43(47)52-40(38-50-37-36-41(44(48)49)45(3,4)5)39-51-42(46)34-32-30-28-26-24-22-19-17-15-13-11-9-7-2/h8-26,28,40-41H,6-7,27,29-39H2,1-5H3/p+1/b10-8+,11-9+,14-12+,15-13+,18-16+,19-17+,21-20+,24-22+,25-23+,28-26+. The van der Waals surface area contributed by atoms with Gasteiger partial charge in [-0.25, -0.2) is 4.79 Å². The highest BCUT2D eigenvalue weighted by atomic mass is 16.6. The zero-order valence-corrected chi connectivity index (χ0v) is 32.4. The van der Waals surface area contributed by atoms with Crippen molar-refractivity contribution in [3.8, 4) is 0 Å². The van der Waals surface area contributed by atoms with Crippen molar-refractivity contribution < 1.29 is 38.2 Å². The van der Waals surface area contributed by atoms with E-state index in [1.807, 2.05) is 124 Å². The van der Waals surface area contributed by atoms with Gasteiger partial charge in [-0.2, -0.15) is 0 Å². The smallest absolute Gasteiger partial charge is 0.362 e. The summed E-state index contributed by atoms with van der Waals surface area (Å²) in [7, 11) is 5.46. The molecular weight excluding hydrogens is 654 g/mol. The lowest BCUT2D eigenvalue weighted by Crippen LogP contribution is -2.50. The number of hydrogen-bond donors (Lipinski definition) is 1. The van der Waals surface area contributed by atoms with Gasteiger partial charge in [0.1, 0.15) is 6.61 Å². The van der Waals surface area contributed by atoms with E-state index < -0.39 is 18.1 Å². The van der Waals surface area contributed by atoms with Crippen molar-refractivity contribution in [2.24, 2.45) is 0 Å². The summed E-state index contributed by atoms with van der Waals surface area (Å²) in [5.74, 6) is -1.65. The van der Waals surface area contributed by atoms with Crippen molar-refractivity contribution in [1.82, 2.24) is 0 Å². The Morgan fingerprint density at radius 3 is 1.52 bits per heavy atom. The van der Waals surface area contributed by atoms with E-state index in [2.05, 4.69) is 32.1 Å². The minimum Gasteiger partial charge on any atom is -0.477 e. The lowest BCUT2D eigenvalue weighted by Gasteiger charge is -2.31. The number of hydrogen-bond acceptors (Lipinski definition) is 6. The average molecular weight is 721 g/mol. The van der Waals surface area contributed by atoms with Crippen molar-refractivity contribution in [2.45, 2.75) is 96.6 Å². The monoisotopic (exact) mass is 720 g/mol. The van der Waals surface area contributed by atoms with Crippen LogP contribution in [0.5, 0.6) is 0 Å². The van der Waals surface area contributed by atoms with Crippen LogP contribution in [0.25, 0.3) is 0 Å². The topological polar surface area (TPSA) is 99.1 Å². The number of carboxylic acids is 1. The maximum Gasteiger partial charge on any atom is 0.362 e. The van der Waals surface area contributed by atoms with E-state index in [4.69, 9.17) is 14.2 Å². The fourth-order valence-corrected chi connectivity index (χ4v) is 4.49. The second kappa shape index (κ2) is 33.9. The number of nitrogens with zero attached hydrogens (tertiary/aromatic N) is 1.